The van der Waals surface area contributed by atoms with Crippen LogP contribution in [0.1, 0.15) is 5.56 Å². The molecule has 0 unspecified atom stereocenters. The molecule has 0 atom stereocenters. The van der Waals surface area contributed by atoms with Gasteiger partial charge in [-0.15, -0.1) is 0 Å². The van der Waals surface area contributed by atoms with Crippen LogP contribution in [-0.4, -0.2) is 13.4 Å². The topological polar surface area (TPSA) is 93.0 Å². The first-order valence-electron chi connectivity index (χ1n) is 3.15. The lowest BCUT2D eigenvalue weighted by Crippen LogP contribution is -2.19. The molecule has 0 aromatic carbocycles. The molecular weight excluding hydrogens is 180 g/mol. The first-order valence-corrected chi connectivity index (χ1v) is 4.87. The zero-order valence-corrected chi connectivity index (χ0v) is 6.97. The van der Waals surface area contributed by atoms with Crippen molar-refractivity contribution in [1.29, 1.82) is 0 Å². The summed E-state index contributed by atoms with van der Waals surface area (Å²) in [6.45, 7) is 0. The van der Waals surface area contributed by atoms with Gasteiger partial charge in [0.1, 0.15) is 0 Å². The van der Waals surface area contributed by atoms with Crippen LogP contribution < -0.4 is 10.6 Å². The maximum atomic E-state index is 11.0. The van der Waals surface area contributed by atoms with Crippen LogP contribution in [0.2, 0.25) is 0 Å². The number of nitrogens with two attached hydrogens (primary N) is 1. The van der Waals surface area contributed by atoms with Crippen molar-refractivity contribution in [3.8, 4) is 0 Å². The van der Waals surface area contributed by atoms with Crippen molar-refractivity contribution < 1.29 is 8.42 Å². The Morgan fingerprint density at radius 1 is 1.50 bits per heavy atom. The molecule has 0 spiro atoms. The van der Waals surface area contributed by atoms with Gasteiger partial charge in [-0.25, -0.2) is 13.6 Å². The third kappa shape index (κ3) is 2.48. The van der Waals surface area contributed by atoms with Gasteiger partial charge in [0.25, 0.3) is 0 Å². The highest BCUT2D eigenvalue weighted by atomic mass is 32.2. The smallest absolute Gasteiger partial charge is 0.213 e. The van der Waals surface area contributed by atoms with E-state index in [1.165, 1.54) is 18.5 Å². The van der Waals surface area contributed by atoms with Crippen LogP contribution in [0, 0.1) is 0 Å². The number of nitrogens with one attached hydrogen (secondary N) is 1. The summed E-state index contributed by atoms with van der Waals surface area (Å²) in [6.07, 6.45) is 2.75. The zero-order valence-electron chi connectivity index (χ0n) is 6.15. The van der Waals surface area contributed by atoms with Crippen molar-refractivity contribution in [1.82, 2.24) is 4.98 Å². The van der Waals surface area contributed by atoms with Crippen LogP contribution in [0.25, 0.3) is 0 Å². The molecule has 0 bridgehead atoms. The van der Waals surface area contributed by atoms with Crippen LogP contribution >= 0.6 is 0 Å². The van der Waals surface area contributed by atoms with E-state index in [-0.39, 0.29) is 11.0 Å². The average molecular weight is 188 g/mol. The lowest BCUT2D eigenvalue weighted by atomic mass is 10.3. The number of aromatic amines is 1. The molecule has 3 N–H and O–H groups in total. The predicted octanol–water partition coefficient (Wildman–Crippen LogP) is -0.837. The molecule has 5 nitrogen and oxygen atoms in total. The average Bonchev–Trinajstić information content (AvgIpc) is 1.91. The van der Waals surface area contributed by atoms with E-state index in [1.54, 1.807) is 0 Å². The van der Waals surface area contributed by atoms with E-state index in [1.807, 2.05) is 0 Å². The van der Waals surface area contributed by atoms with Crippen molar-refractivity contribution in [2.75, 3.05) is 0 Å². The number of hydrogen-bond acceptors (Lipinski definition) is 3. The molecule has 0 aliphatic heterocycles. The van der Waals surface area contributed by atoms with E-state index in [9.17, 15) is 13.2 Å². The number of H-pyrrole nitrogens is 1. The zero-order chi connectivity index (χ0) is 9.19. The van der Waals surface area contributed by atoms with E-state index in [2.05, 4.69) is 4.98 Å². The van der Waals surface area contributed by atoms with Crippen molar-refractivity contribution in [2.45, 2.75) is 5.75 Å². The Labute approximate surface area is 69.3 Å². The summed E-state index contributed by atoms with van der Waals surface area (Å²) in [7, 11) is -3.62. The monoisotopic (exact) mass is 188 g/mol. The van der Waals surface area contributed by atoms with Crippen LogP contribution in [0.5, 0.6) is 0 Å². The predicted molar refractivity (Wildman–Crippen MR) is 43.9 cm³/mol. The number of primary sulfonamides is 1. The molecule has 1 heterocycles. The molecule has 66 valence electrons. The molecule has 0 aliphatic rings. The SMILES string of the molecule is NS(=O)(=O)Cc1c[nH]ccc1=O. The first-order chi connectivity index (χ1) is 5.49. The molecular formula is C6H8N2O3S. The molecule has 0 saturated carbocycles. The van der Waals surface area contributed by atoms with E-state index < -0.39 is 15.8 Å². The van der Waals surface area contributed by atoms with Gasteiger partial charge in [0, 0.05) is 24.0 Å². The van der Waals surface area contributed by atoms with Gasteiger partial charge in [0.2, 0.25) is 10.0 Å². The van der Waals surface area contributed by atoms with Crippen molar-refractivity contribution in [3.05, 3.63) is 34.2 Å². The molecule has 0 amide bonds. The Bertz CT molecular complexity index is 420. The summed E-state index contributed by atoms with van der Waals surface area (Å²) >= 11 is 0. The second-order valence-corrected chi connectivity index (χ2v) is 3.96. The quantitative estimate of drug-likeness (QED) is 0.634. The summed E-state index contributed by atoms with van der Waals surface area (Å²) in [6, 6.07) is 1.25. The van der Waals surface area contributed by atoms with E-state index in [4.69, 9.17) is 5.14 Å². The summed E-state index contributed by atoms with van der Waals surface area (Å²) in [4.78, 5) is 13.6. The van der Waals surface area contributed by atoms with Gasteiger partial charge in [-0.2, -0.15) is 0 Å². The van der Waals surface area contributed by atoms with Crippen LogP contribution in [0.15, 0.2) is 23.3 Å². The summed E-state index contributed by atoms with van der Waals surface area (Å²) in [5.41, 5.74) is -0.178. The third-order valence-electron chi connectivity index (χ3n) is 1.26. The van der Waals surface area contributed by atoms with Crippen LogP contribution in [-0.2, 0) is 15.8 Å². The van der Waals surface area contributed by atoms with Crippen molar-refractivity contribution >= 4 is 10.0 Å². The minimum atomic E-state index is -3.62. The maximum absolute atomic E-state index is 11.0. The first kappa shape index (κ1) is 8.95. The Balaban J connectivity index is 3.07. The summed E-state index contributed by atoms with van der Waals surface area (Å²) in [5.74, 6) is -0.427. The van der Waals surface area contributed by atoms with Crippen LogP contribution in [0.3, 0.4) is 0 Å². The summed E-state index contributed by atoms with van der Waals surface area (Å²) < 4.78 is 21.2. The molecule has 1 rings (SSSR count). The highest BCUT2D eigenvalue weighted by molar-refractivity contribution is 7.88. The Morgan fingerprint density at radius 2 is 2.17 bits per heavy atom. The Kier molecular flexibility index (Phi) is 2.30. The summed E-state index contributed by atoms with van der Waals surface area (Å²) in [5, 5.41) is 4.76. The van der Waals surface area contributed by atoms with E-state index in [0.29, 0.717) is 0 Å². The largest absolute Gasteiger partial charge is 0.367 e. The number of sulfonamides is 1. The fourth-order valence-electron chi connectivity index (χ4n) is 0.780. The van der Waals surface area contributed by atoms with Crippen molar-refractivity contribution in [3.63, 3.8) is 0 Å². The highest BCUT2D eigenvalue weighted by Gasteiger charge is 2.06. The Morgan fingerprint density at radius 3 is 2.67 bits per heavy atom. The number of hydrogen-bond donors (Lipinski definition) is 2. The normalized spacial score (nSPS) is 11.4. The minimum Gasteiger partial charge on any atom is -0.367 e. The number of pyridine rings is 1. The highest BCUT2D eigenvalue weighted by Crippen LogP contribution is 1.93. The lowest BCUT2D eigenvalue weighted by molar-refractivity contribution is 0.597. The maximum Gasteiger partial charge on any atom is 0.213 e. The molecule has 1 aromatic rings. The van der Waals surface area contributed by atoms with E-state index >= 15 is 0 Å². The van der Waals surface area contributed by atoms with Crippen LogP contribution in [0.4, 0.5) is 0 Å². The van der Waals surface area contributed by atoms with Gasteiger partial charge in [0.15, 0.2) is 5.43 Å². The fourth-order valence-corrected chi connectivity index (χ4v) is 1.44. The van der Waals surface area contributed by atoms with Gasteiger partial charge in [-0.1, -0.05) is 0 Å². The molecule has 0 fully saturated rings. The molecule has 1 aromatic heterocycles. The number of aromatic nitrogens is 1. The molecule has 0 saturated heterocycles. The standard InChI is InChI=1S/C6H8N2O3S/c7-12(10,11)4-5-3-8-2-1-6(5)9/h1-3H,4H2,(H,8,9)(H2,7,10,11). The Hall–Kier alpha value is -1.14. The third-order valence-corrected chi connectivity index (χ3v) is 1.98. The van der Waals surface area contributed by atoms with Gasteiger partial charge >= 0.3 is 0 Å². The van der Waals surface area contributed by atoms with Gasteiger partial charge < -0.3 is 4.98 Å². The molecule has 6 heteroatoms. The fraction of sp³-hybridized carbons (Fsp3) is 0.167. The lowest BCUT2D eigenvalue weighted by Gasteiger charge is -1.95. The number of rotatable bonds is 2. The molecule has 0 aliphatic carbocycles. The van der Waals surface area contributed by atoms with Crippen molar-refractivity contribution in [2.24, 2.45) is 5.14 Å². The second-order valence-electron chi connectivity index (χ2n) is 2.34. The minimum absolute atomic E-state index is 0.153. The van der Waals surface area contributed by atoms with Gasteiger partial charge in [-0.05, 0) is 0 Å². The molecule has 12 heavy (non-hydrogen) atoms. The van der Waals surface area contributed by atoms with Gasteiger partial charge in [-0.3, -0.25) is 4.79 Å². The van der Waals surface area contributed by atoms with Gasteiger partial charge in [0.05, 0.1) is 5.75 Å². The van der Waals surface area contributed by atoms with E-state index in [0.717, 1.165) is 0 Å². The second kappa shape index (κ2) is 3.08. The molecule has 0 radical (unpaired) electrons.